The molecular formula is C14H19N3O2. The van der Waals surface area contributed by atoms with Crippen LogP contribution in [0.2, 0.25) is 0 Å². The second kappa shape index (κ2) is 4.81. The summed E-state index contributed by atoms with van der Waals surface area (Å²) < 4.78 is 5.23. The van der Waals surface area contributed by atoms with Gasteiger partial charge in [-0.25, -0.2) is 0 Å². The van der Waals surface area contributed by atoms with Crippen LogP contribution in [0, 0.1) is 11.8 Å². The first-order valence-electron chi connectivity index (χ1n) is 6.72. The predicted octanol–water partition coefficient (Wildman–Crippen LogP) is 0.770. The van der Waals surface area contributed by atoms with E-state index in [1.807, 2.05) is 4.90 Å². The van der Waals surface area contributed by atoms with Gasteiger partial charge >= 0.3 is 0 Å². The van der Waals surface area contributed by atoms with Crippen LogP contribution in [0.3, 0.4) is 0 Å². The van der Waals surface area contributed by atoms with Crippen molar-refractivity contribution in [3.05, 3.63) is 24.0 Å². The third-order valence-electron chi connectivity index (χ3n) is 4.43. The molecule has 2 aliphatic heterocycles. The van der Waals surface area contributed by atoms with Gasteiger partial charge in [0.15, 0.2) is 0 Å². The molecule has 1 amide bonds. The molecule has 0 aliphatic carbocycles. The van der Waals surface area contributed by atoms with Gasteiger partial charge in [-0.1, -0.05) is 0 Å². The van der Waals surface area contributed by atoms with E-state index in [2.05, 4.69) is 17.2 Å². The monoisotopic (exact) mass is 261 g/mol. The van der Waals surface area contributed by atoms with E-state index in [4.69, 9.17) is 4.74 Å². The van der Waals surface area contributed by atoms with Gasteiger partial charge < -0.3 is 15.0 Å². The summed E-state index contributed by atoms with van der Waals surface area (Å²) in [5, 5.41) is 3.40. The molecule has 5 heteroatoms. The van der Waals surface area contributed by atoms with E-state index in [1.54, 1.807) is 25.6 Å². The fourth-order valence-corrected chi connectivity index (χ4v) is 3.31. The number of pyridine rings is 1. The predicted molar refractivity (Wildman–Crippen MR) is 71.1 cm³/mol. The van der Waals surface area contributed by atoms with Gasteiger partial charge in [-0.3, -0.25) is 9.78 Å². The van der Waals surface area contributed by atoms with Gasteiger partial charge in [0.25, 0.3) is 5.91 Å². The Hall–Kier alpha value is -1.62. The number of rotatable bonds is 2. The summed E-state index contributed by atoms with van der Waals surface area (Å²) in [4.78, 5) is 18.6. The Morgan fingerprint density at radius 2 is 2.37 bits per heavy atom. The Balaban J connectivity index is 1.85. The van der Waals surface area contributed by atoms with Gasteiger partial charge in [-0.2, -0.15) is 0 Å². The largest absolute Gasteiger partial charge is 0.494 e. The van der Waals surface area contributed by atoms with Crippen molar-refractivity contribution in [1.29, 1.82) is 0 Å². The van der Waals surface area contributed by atoms with Crippen molar-refractivity contribution in [3.8, 4) is 5.75 Å². The van der Waals surface area contributed by atoms with Crippen molar-refractivity contribution in [2.75, 3.05) is 26.7 Å². The number of carbonyl (C=O) groups is 1. The molecule has 0 spiro atoms. The highest BCUT2D eigenvalue weighted by Gasteiger charge is 2.44. The number of fused-ring (bicyclic) bond motifs is 1. The van der Waals surface area contributed by atoms with Gasteiger partial charge in [0.2, 0.25) is 0 Å². The van der Waals surface area contributed by atoms with Crippen molar-refractivity contribution in [2.45, 2.75) is 13.0 Å². The Bertz CT molecular complexity index is 491. The molecule has 0 aromatic carbocycles. The molecule has 102 valence electrons. The molecule has 3 unspecified atom stereocenters. The molecule has 3 atom stereocenters. The van der Waals surface area contributed by atoms with Crippen molar-refractivity contribution in [1.82, 2.24) is 15.2 Å². The minimum atomic E-state index is 0.0566. The number of carbonyl (C=O) groups excluding carboxylic acids is 1. The molecule has 3 rings (SSSR count). The molecule has 19 heavy (non-hydrogen) atoms. The van der Waals surface area contributed by atoms with E-state index in [-0.39, 0.29) is 11.9 Å². The fourth-order valence-electron chi connectivity index (χ4n) is 3.31. The Labute approximate surface area is 113 Å². The Kier molecular flexibility index (Phi) is 3.14. The van der Waals surface area contributed by atoms with E-state index in [0.717, 1.165) is 19.6 Å². The summed E-state index contributed by atoms with van der Waals surface area (Å²) >= 11 is 0. The third-order valence-corrected chi connectivity index (χ3v) is 4.43. The zero-order valence-corrected chi connectivity index (χ0v) is 11.3. The number of likely N-dealkylation sites (tertiary alicyclic amines) is 1. The van der Waals surface area contributed by atoms with Crippen LogP contribution < -0.4 is 10.1 Å². The minimum Gasteiger partial charge on any atom is -0.494 e. The summed E-state index contributed by atoms with van der Waals surface area (Å²) in [7, 11) is 1.57. The normalized spacial score (nSPS) is 29.4. The Morgan fingerprint density at radius 3 is 3.11 bits per heavy atom. The maximum absolute atomic E-state index is 12.7. The SMILES string of the molecule is COc1cnccc1C(=O)N1CC2CNCC2C1C. The highest BCUT2D eigenvalue weighted by molar-refractivity contribution is 5.97. The maximum Gasteiger partial charge on any atom is 0.257 e. The van der Waals surface area contributed by atoms with Gasteiger partial charge in [0.1, 0.15) is 5.75 Å². The van der Waals surface area contributed by atoms with E-state index in [9.17, 15) is 4.79 Å². The summed E-state index contributed by atoms with van der Waals surface area (Å²) in [6.07, 6.45) is 3.23. The van der Waals surface area contributed by atoms with Crippen LogP contribution in [-0.2, 0) is 0 Å². The second-order valence-electron chi connectivity index (χ2n) is 5.36. The summed E-state index contributed by atoms with van der Waals surface area (Å²) in [6, 6.07) is 2.02. The number of nitrogens with zero attached hydrogens (tertiary/aromatic N) is 2. The highest BCUT2D eigenvalue weighted by atomic mass is 16.5. The van der Waals surface area contributed by atoms with Crippen LogP contribution in [0.15, 0.2) is 18.5 Å². The number of aromatic nitrogens is 1. The highest BCUT2D eigenvalue weighted by Crippen LogP contribution is 2.34. The lowest BCUT2D eigenvalue weighted by molar-refractivity contribution is 0.0725. The average molecular weight is 261 g/mol. The molecule has 0 radical (unpaired) electrons. The van der Waals surface area contributed by atoms with Crippen LogP contribution in [0.4, 0.5) is 0 Å². The molecule has 0 saturated carbocycles. The lowest BCUT2D eigenvalue weighted by atomic mass is 9.95. The summed E-state index contributed by atoms with van der Waals surface area (Å²) in [6.45, 7) is 5.02. The van der Waals surface area contributed by atoms with E-state index in [1.165, 1.54) is 0 Å². The van der Waals surface area contributed by atoms with Gasteiger partial charge in [0, 0.05) is 31.9 Å². The number of hydrogen-bond donors (Lipinski definition) is 1. The zero-order valence-electron chi connectivity index (χ0n) is 11.3. The molecule has 2 saturated heterocycles. The standard InChI is InChI=1S/C14H19N3O2/c1-9-12-6-16-5-10(12)8-17(9)14(18)11-3-4-15-7-13(11)19-2/h3-4,7,9-10,12,16H,5-6,8H2,1-2H3. The molecule has 2 aliphatic rings. The van der Waals surface area contributed by atoms with Crippen molar-refractivity contribution >= 4 is 5.91 Å². The molecule has 0 bridgehead atoms. The van der Waals surface area contributed by atoms with E-state index >= 15 is 0 Å². The van der Waals surface area contributed by atoms with Crippen molar-refractivity contribution in [3.63, 3.8) is 0 Å². The maximum atomic E-state index is 12.7. The first-order chi connectivity index (χ1) is 9.22. The summed E-state index contributed by atoms with van der Waals surface area (Å²) in [5.74, 6) is 1.78. The smallest absolute Gasteiger partial charge is 0.257 e. The topological polar surface area (TPSA) is 54.5 Å². The Morgan fingerprint density at radius 1 is 1.53 bits per heavy atom. The molecule has 3 heterocycles. The minimum absolute atomic E-state index is 0.0566. The quantitative estimate of drug-likeness (QED) is 0.854. The number of amides is 1. The lowest BCUT2D eigenvalue weighted by Crippen LogP contribution is -2.38. The number of ether oxygens (including phenoxy) is 1. The van der Waals surface area contributed by atoms with Gasteiger partial charge in [-0.05, 0) is 24.8 Å². The van der Waals surface area contributed by atoms with Crippen molar-refractivity contribution < 1.29 is 9.53 Å². The molecule has 5 nitrogen and oxygen atoms in total. The first kappa shape index (κ1) is 12.4. The van der Waals surface area contributed by atoms with E-state index in [0.29, 0.717) is 23.1 Å². The number of nitrogens with one attached hydrogen (secondary N) is 1. The molecule has 1 aromatic heterocycles. The lowest BCUT2D eigenvalue weighted by Gasteiger charge is -2.25. The van der Waals surface area contributed by atoms with Crippen LogP contribution in [0.5, 0.6) is 5.75 Å². The molecule has 1 aromatic rings. The zero-order chi connectivity index (χ0) is 13.4. The van der Waals surface area contributed by atoms with Crippen LogP contribution in [-0.4, -0.2) is 48.6 Å². The molecule has 1 N–H and O–H groups in total. The van der Waals surface area contributed by atoms with Crippen LogP contribution in [0.1, 0.15) is 17.3 Å². The van der Waals surface area contributed by atoms with Gasteiger partial charge in [-0.15, -0.1) is 0 Å². The summed E-state index contributed by atoms with van der Waals surface area (Å²) in [5.41, 5.74) is 0.609. The molecular weight excluding hydrogens is 242 g/mol. The van der Waals surface area contributed by atoms with Crippen molar-refractivity contribution in [2.24, 2.45) is 11.8 Å². The van der Waals surface area contributed by atoms with E-state index < -0.39 is 0 Å². The number of hydrogen-bond acceptors (Lipinski definition) is 4. The fraction of sp³-hybridized carbons (Fsp3) is 0.571. The van der Waals surface area contributed by atoms with Crippen LogP contribution in [0.25, 0.3) is 0 Å². The molecule has 2 fully saturated rings. The van der Waals surface area contributed by atoms with Crippen LogP contribution >= 0.6 is 0 Å². The second-order valence-corrected chi connectivity index (χ2v) is 5.36. The van der Waals surface area contributed by atoms with Gasteiger partial charge in [0.05, 0.1) is 18.9 Å². The average Bonchev–Trinajstić information content (AvgIpc) is 3.01. The first-order valence-corrected chi connectivity index (χ1v) is 6.72. The third kappa shape index (κ3) is 1.98. The number of methoxy groups -OCH3 is 1.